The van der Waals surface area contributed by atoms with Crippen LogP contribution in [0.4, 0.5) is 18.9 Å². The molecule has 134 valence electrons. The van der Waals surface area contributed by atoms with Gasteiger partial charge >= 0.3 is 6.36 Å². The van der Waals surface area contributed by atoms with E-state index in [1.165, 1.54) is 18.2 Å². The van der Waals surface area contributed by atoms with Gasteiger partial charge in [-0.3, -0.25) is 4.72 Å². The molecule has 0 atom stereocenters. The van der Waals surface area contributed by atoms with E-state index in [0.29, 0.717) is 24.7 Å². The summed E-state index contributed by atoms with van der Waals surface area (Å²) in [6.07, 6.45) is -4.81. The van der Waals surface area contributed by atoms with Gasteiger partial charge in [0.2, 0.25) is 0 Å². The average molecular weight is 375 g/mol. The summed E-state index contributed by atoms with van der Waals surface area (Å²) in [6, 6.07) is 8.48. The zero-order valence-electron chi connectivity index (χ0n) is 12.5. The molecule has 25 heavy (non-hydrogen) atoms. The van der Waals surface area contributed by atoms with E-state index in [2.05, 4.69) is 9.46 Å². The number of rotatable bonds is 4. The van der Waals surface area contributed by atoms with Crippen LogP contribution in [0.3, 0.4) is 0 Å². The summed E-state index contributed by atoms with van der Waals surface area (Å²) in [4.78, 5) is -0.0626. The van der Waals surface area contributed by atoms with Crippen molar-refractivity contribution in [1.29, 1.82) is 0 Å². The van der Waals surface area contributed by atoms with Gasteiger partial charge in [-0.15, -0.1) is 13.2 Å². The number of alkyl halides is 3. The highest BCUT2D eigenvalue weighted by Gasteiger charge is 2.31. The highest BCUT2D eigenvalue weighted by Crippen LogP contribution is 2.33. The van der Waals surface area contributed by atoms with Crippen molar-refractivity contribution in [3.8, 4) is 17.2 Å². The Morgan fingerprint density at radius 2 is 1.60 bits per heavy atom. The Labute approximate surface area is 141 Å². The molecule has 0 unspecified atom stereocenters. The van der Waals surface area contributed by atoms with Crippen LogP contribution in [-0.2, 0) is 10.0 Å². The minimum absolute atomic E-state index is 0.0626. The molecule has 3 rings (SSSR count). The number of benzene rings is 2. The minimum Gasteiger partial charge on any atom is -0.486 e. The predicted octanol–water partition coefficient (Wildman–Crippen LogP) is 3.16. The second-order valence-corrected chi connectivity index (χ2v) is 6.67. The first-order valence-corrected chi connectivity index (χ1v) is 8.49. The summed E-state index contributed by atoms with van der Waals surface area (Å²) in [7, 11) is -3.94. The van der Waals surface area contributed by atoms with Crippen molar-refractivity contribution in [3.05, 3.63) is 42.5 Å². The van der Waals surface area contributed by atoms with Crippen molar-refractivity contribution in [2.75, 3.05) is 17.9 Å². The van der Waals surface area contributed by atoms with E-state index in [1.54, 1.807) is 0 Å². The highest BCUT2D eigenvalue weighted by molar-refractivity contribution is 7.92. The van der Waals surface area contributed by atoms with E-state index in [0.717, 1.165) is 24.3 Å². The Hall–Kier alpha value is -2.62. The summed E-state index contributed by atoms with van der Waals surface area (Å²) in [5.74, 6) is 0.302. The molecule has 1 aliphatic rings. The average Bonchev–Trinajstić information content (AvgIpc) is 2.55. The van der Waals surface area contributed by atoms with Crippen molar-refractivity contribution < 1.29 is 35.8 Å². The van der Waals surface area contributed by atoms with Crippen LogP contribution in [0.15, 0.2) is 47.4 Å². The fraction of sp³-hybridized carbons (Fsp3) is 0.200. The molecule has 10 heteroatoms. The molecule has 1 aliphatic heterocycles. The molecule has 6 nitrogen and oxygen atoms in total. The molecule has 0 saturated heterocycles. The number of fused-ring (bicyclic) bond motifs is 1. The van der Waals surface area contributed by atoms with Gasteiger partial charge in [0, 0.05) is 11.8 Å². The van der Waals surface area contributed by atoms with Gasteiger partial charge in [0.1, 0.15) is 19.0 Å². The molecular weight excluding hydrogens is 363 g/mol. The molecule has 2 aromatic rings. The van der Waals surface area contributed by atoms with Crippen LogP contribution in [-0.4, -0.2) is 28.0 Å². The van der Waals surface area contributed by atoms with Crippen molar-refractivity contribution in [2.24, 2.45) is 0 Å². The van der Waals surface area contributed by atoms with Gasteiger partial charge in [-0.2, -0.15) is 0 Å². The molecule has 0 saturated carbocycles. The molecule has 0 radical (unpaired) electrons. The van der Waals surface area contributed by atoms with Gasteiger partial charge in [0.15, 0.2) is 11.5 Å². The van der Waals surface area contributed by atoms with Crippen molar-refractivity contribution >= 4 is 15.7 Å². The van der Waals surface area contributed by atoms with E-state index in [4.69, 9.17) is 9.47 Å². The maximum atomic E-state index is 12.4. The zero-order valence-corrected chi connectivity index (χ0v) is 13.4. The molecule has 0 amide bonds. The van der Waals surface area contributed by atoms with Crippen molar-refractivity contribution in [1.82, 2.24) is 0 Å². The fourth-order valence-corrected chi connectivity index (χ4v) is 3.20. The van der Waals surface area contributed by atoms with E-state index >= 15 is 0 Å². The number of halogens is 3. The van der Waals surface area contributed by atoms with Crippen molar-refractivity contribution in [2.45, 2.75) is 11.3 Å². The normalized spacial score (nSPS) is 14.0. The van der Waals surface area contributed by atoms with Gasteiger partial charge < -0.3 is 14.2 Å². The Morgan fingerprint density at radius 3 is 2.24 bits per heavy atom. The number of hydrogen-bond acceptors (Lipinski definition) is 5. The van der Waals surface area contributed by atoms with Crippen LogP contribution in [0.2, 0.25) is 0 Å². The van der Waals surface area contributed by atoms with Crippen LogP contribution in [0.5, 0.6) is 17.2 Å². The number of hydrogen-bond donors (Lipinski definition) is 1. The molecular formula is C15H12F3NO5S. The molecule has 0 bridgehead atoms. The third-order valence-electron chi connectivity index (χ3n) is 3.16. The lowest BCUT2D eigenvalue weighted by Gasteiger charge is -2.19. The smallest absolute Gasteiger partial charge is 0.486 e. The van der Waals surface area contributed by atoms with E-state index in [9.17, 15) is 21.6 Å². The third-order valence-corrected chi connectivity index (χ3v) is 4.54. The standard InChI is InChI=1S/C15H12F3NO5S/c16-15(17,18)24-11-3-1-10(2-4-11)19-25(20,21)12-5-6-13-14(9-12)23-8-7-22-13/h1-6,9,19H,7-8H2. The lowest BCUT2D eigenvalue weighted by Crippen LogP contribution is -2.18. The molecule has 2 aromatic carbocycles. The first-order valence-electron chi connectivity index (χ1n) is 7.01. The quantitative estimate of drug-likeness (QED) is 0.889. The zero-order chi connectivity index (χ0) is 18.1. The van der Waals surface area contributed by atoms with E-state index < -0.39 is 22.1 Å². The van der Waals surface area contributed by atoms with Crippen LogP contribution in [0.25, 0.3) is 0 Å². The summed E-state index contributed by atoms with van der Waals surface area (Å²) in [5, 5.41) is 0. The largest absolute Gasteiger partial charge is 0.573 e. The van der Waals surface area contributed by atoms with Crippen LogP contribution < -0.4 is 18.9 Å². The number of anilines is 1. The first-order chi connectivity index (χ1) is 11.7. The van der Waals surface area contributed by atoms with Gasteiger partial charge in [-0.1, -0.05) is 0 Å². The predicted molar refractivity (Wildman–Crippen MR) is 81.4 cm³/mol. The molecule has 0 aromatic heterocycles. The van der Waals surface area contributed by atoms with E-state index in [1.807, 2.05) is 0 Å². The summed E-state index contributed by atoms with van der Waals surface area (Å²) in [6.45, 7) is 0.689. The maximum absolute atomic E-state index is 12.4. The lowest BCUT2D eigenvalue weighted by atomic mass is 10.3. The maximum Gasteiger partial charge on any atom is 0.573 e. The van der Waals surface area contributed by atoms with Crippen molar-refractivity contribution in [3.63, 3.8) is 0 Å². The highest BCUT2D eigenvalue weighted by atomic mass is 32.2. The Bertz CT molecular complexity index is 866. The molecule has 1 heterocycles. The lowest BCUT2D eigenvalue weighted by molar-refractivity contribution is -0.274. The van der Waals surface area contributed by atoms with Gasteiger partial charge in [0.25, 0.3) is 10.0 Å². The minimum atomic E-state index is -4.81. The number of sulfonamides is 1. The van der Waals surface area contributed by atoms with Gasteiger partial charge in [-0.25, -0.2) is 8.42 Å². The third kappa shape index (κ3) is 4.27. The summed E-state index contributed by atoms with van der Waals surface area (Å²) in [5.41, 5.74) is 0.0874. The summed E-state index contributed by atoms with van der Waals surface area (Å²) >= 11 is 0. The first kappa shape index (κ1) is 17.2. The van der Waals surface area contributed by atoms with Crippen LogP contribution in [0, 0.1) is 0 Å². The van der Waals surface area contributed by atoms with E-state index in [-0.39, 0.29) is 10.6 Å². The monoisotopic (exact) mass is 375 g/mol. The molecule has 0 aliphatic carbocycles. The molecule has 1 N–H and O–H groups in total. The van der Waals surface area contributed by atoms with Gasteiger partial charge in [-0.05, 0) is 36.4 Å². The topological polar surface area (TPSA) is 73.9 Å². The van der Waals surface area contributed by atoms with Gasteiger partial charge in [0.05, 0.1) is 4.90 Å². The molecule has 0 spiro atoms. The summed E-state index contributed by atoms with van der Waals surface area (Å²) < 4.78 is 77.8. The Balaban J connectivity index is 1.77. The molecule has 0 fully saturated rings. The van der Waals surface area contributed by atoms with Crippen LogP contribution in [0.1, 0.15) is 0 Å². The Morgan fingerprint density at radius 1 is 0.960 bits per heavy atom. The Kier molecular flexibility index (Phi) is 4.38. The fourth-order valence-electron chi connectivity index (χ4n) is 2.13. The van der Waals surface area contributed by atoms with Crippen LogP contribution >= 0.6 is 0 Å². The SMILES string of the molecule is O=S(=O)(Nc1ccc(OC(F)(F)F)cc1)c1ccc2c(c1)OCCO2. The number of ether oxygens (including phenoxy) is 3. The number of nitrogens with one attached hydrogen (secondary N) is 1. The second kappa shape index (κ2) is 6.36. The second-order valence-electron chi connectivity index (χ2n) is 4.98.